The Balaban J connectivity index is 2.12. The molecule has 0 unspecified atom stereocenters. The lowest BCUT2D eigenvalue weighted by atomic mass is 10.4. The van der Waals surface area contributed by atoms with Crippen LogP contribution in [0.25, 0.3) is 0 Å². The minimum atomic E-state index is -1.49. The van der Waals surface area contributed by atoms with E-state index >= 15 is 0 Å². The van der Waals surface area contributed by atoms with E-state index < -0.39 is 12.1 Å². The van der Waals surface area contributed by atoms with Crippen LogP contribution >= 0.6 is 34.5 Å². The van der Waals surface area contributed by atoms with E-state index in [-0.39, 0.29) is 11.6 Å². The molecule has 0 aliphatic heterocycles. The number of anilines is 1. The predicted octanol–water partition coefficient (Wildman–Crippen LogP) is 3.17. The number of hydrogen-bond acceptors (Lipinski definition) is 6. The summed E-state index contributed by atoms with van der Waals surface area (Å²) in [4.78, 5) is 22.6. The molecular weight excluding hydrogens is 300 g/mol. The predicted molar refractivity (Wildman–Crippen MR) is 68.0 cm³/mol. The molecule has 2 heterocycles. The third-order valence-corrected chi connectivity index (χ3v) is 3.61. The summed E-state index contributed by atoms with van der Waals surface area (Å²) >= 11 is 7.80. The van der Waals surface area contributed by atoms with E-state index in [1.807, 2.05) is 0 Å². The van der Waals surface area contributed by atoms with Crippen LogP contribution in [0.4, 0.5) is 10.5 Å². The molecule has 0 aromatic carbocycles. The van der Waals surface area contributed by atoms with Gasteiger partial charge >= 0.3 is 6.16 Å². The highest BCUT2D eigenvalue weighted by Crippen LogP contribution is 2.27. The van der Waals surface area contributed by atoms with Gasteiger partial charge in [-0.25, -0.2) is 4.79 Å². The molecule has 2 aromatic rings. The second kappa shape index (κ2) is 5.34. The van der Waals surface area contributed by atoms with Gasteiger partial charge in [0.15, 0.2) is 0 Å². The van der Waals surface area contributed by atoms with E-state index in [0.717, 1.165) is 22.9 Å². The van der Waals surface area contributed by atoms with Gasteiger partial charge in [-0.3, -0.25) is 4.79 Å². The fraction of sp³-hybridized carbons (Fsp3) is 0. The molecule has 6 nitrogen and oxygen atoms in total. The van der Waals surface area contributed by atoms with Gasteiger partial charge in [-0.1, -0.05) is 11.6 Å². The normalized spacial score (nSPS) is 10.1. The Morgan fingerprint density at radius 2 is 2.22 bits per heavy atom. The molecule has 0 saturated carbocycles. The van der Waals surface area contributed by atoms with Crippen LogP contribution in [-0.4, -0.2) is 21.5 Å². The molecule has 0 fully saturated rings. The Morgan fingerprint density at radius 3 is 2.83 bits per heavy atom. The number of aromatic nitrogens is 1. The first-order valence-electron chi connectivity index (χ1n) is 4.48. The zero-order valence-electron chi connectivity index (χ0n) is 8.55. The first-order valence-corrected chi connectivity index (χ1v) is 6.51. The van der Waals surface area contributed by atoms with Gasteiger partial charge in [0.05, 0.1) is 9.21 Å². The minimum Gasteiger partial charge on any atom is -0.449 e. The van der Waals surface area contributed by atoms with Crippen LogP contribution in [0.5, 0.6) is 5.88 Å². The fourth-order valence-corrected chi connectivity index (χ4v) is 2.57. The molecule has 9 heteroatoms. The molecule has 0 aliphatic rings. The topological polar surface area (TPSA) is 88.5 Å². The summed E-state index contributed by atoms with van der Waals surface area (Å²) in [5.41, 5.74) is 0.205. The van der Waals surface area contributed by atoms with Crippen LogP contribution in [0.1, 0.15) is 9.67 Å². The van der Waals surface area contributed by atoms with Crippen molar-refractivity contribution in [3.05, 3.63) is 26.7 Å². The number of thiophene rings is 1. The van der Waals surface area contributed by atoms with Gasteiger partial charge in [-0.2, -0.15) is 4.37 Å². The third-order valence-electron chi connectivity index (χ3n) is 1.77. The van der Waals surface area contributed by atoms with Gasteiger partial charge < -0.3 is 15.2 Å². The molecule has 2 N–H and O–H groups in total. The Bertz CT molecular complexity index is 595. The number of carbonyl (C=O) groups is 2. The number of nitrogens with one attached hydrogen (secondary N) is 1. The quantitative estimate of drug-likeness (QED) is 0.850. The molecular formula is C9H5ClN2O4S2. The van der Waals surface area contributed by atoms with E-state index in [4.69, 9.17) is 16.7 Å². The summed E-state index contributed by atoms with van der Waals surface area (Å²) in [7, 11) is 0. The van der Waals surface area contributed by atoms with Crippen molar-refractivity contribution >= 4 is 52.2 Å². The second-order valence-corrected chi connectivity index (χ2v) is 5.30. The molecule has 2 aromatic heterocycles. The van der Waals surface area contributed by atoms with Crippen LogP contribution in [0.3, 0.4) is 0 Å². The Kier molecular flexibility index (Phi) is 3.80. The van der Waals surface area contributed by atoms with Crippen molar-refractivity contribution in [3.63, 3.8) is 0 Å². The van der Waals surface area contributed by atoms with Crippen LogP contribution in [0.2, 0.25) is 4.34 Å². The minimum absolute atomic E-state index is 0.150. The van der Waals surface area contributed by atoms with Gasteiger partial charge in [0.25, 0.3) is 11.8 Å². The molecule has 0 bridgehead atoms. The maximum atomic E-state index is 11.8. The summed E-state index contributed by atoms with van der Waals surface area (Å²) in [6, 6.07) is 3.17. The van der Waals surface area contributed by atoms with E-state index in [1.165, 1.54) is 5.38 Å². The summed E-state index contributed by atoms with van der Waals surface area (Å²) in [6.45, 7) is 0. The van der Waals surface area contributed by atoms with Gasteiger partial charge in [0.1, 0.15) is 5.69 Å². The van der Waals surface area contributed by atoms with E-state index in [9.17, 15) is 9.59 Å². The number of amides is 1. The highest BCUT2D eigenvalue weighted by atomic mass is 35.5. The van der Waals surface area contributed by atoms with Crippen molar-refractivity contribution in [1.82, 2.24) is 4.37 Å². The molecule has 94 valence electrons. The average molecular weight is 305 g/mol. The summed E-state index contributed by atoms with van der Waals surface area (Å²) < 4.78 is 8.61. The zero-order chi connectivity index (χ0) is 13.1. The smallest absolute Gasteiger partial charge is 0.449 e. The van der Waals surface area contributed by atoms with Gasteiger partial charge in [0.2, 0.25) is 0 Å². The lowest BCUT2D eigenvalue weighted by Crippen LogP contribution is -2.12. The van der Waals surface area contributed by atoms with Gasteiger partial charge in [-0.05, 0) is 23.7 Å². The summed E-state index contributed by atoms with van der Waals surface area (Å²) in [5, 5.41) is 12.5. The maximum Gasteiger partial charge on any atom is 0.512 e. The second-order valence-electron chi connectivity index (χ2n) is 2.96. The van der Waals surface area contributed by atoms with Crippen LogP contribution in [0, 0.1) is 0 Å². The number of ether oxygens (including phenoxy) is 1. The SMILES string of the molecule is O=C(O)Oc1nscc1NC(=O)c1ccc(Cl)s1. The van der Waals surface area contributed by atoms with Crippen molar-refractivity contribution in [1.29, 1.82) is 0 Å². The summed E-state index contributed by atoms with van der Waals surface area (Å²) in [5.74, 6) is -0.550. The Hall–Kier alpha value is -1.64. The number of nitrogens with zero attached hydrogens (tertiary/aromatic N) is 1. The molecule has 0 saturated heterocycles. The highest BCUT2D eigenvalue weighted by Gasteiger charge is 2.15. The number of carbonyl (C=O) groups excluding carboxylic acids is 1. The molecule has 0 atom stereocenters. The highest BCUT2D eigenvalue weighted by molar-refractivity contribution is 7.18. The maximum absolute atomic E-state index is 11.8. The van der Waals surface area contributed by atoms with Crippen molar-refractivity contribution in [2.75, 3.05) is 5.32 Å². The van der Waals surface area contributed by atoms with Crippen molar-refractivity contribution in [2.45, 2.75) is 0 Å². The van der Waals surface area contributed by atoms with Gasteiger partial charge in [-0.15, -0.1) is 11.3 Å². The van der Waals surface area contributed by atoms with E-state index in [2.05, 4.69) is 14.4 Å². The average Bonchev–Trinajstić information content (AvgIpc) is 2.88. The van der Waals surface area contributed by atoms with Crippen molar-refractivity contribution in [3.8, 4) is 5.88 Å². The Morgan fingerprint density at radius 1 is 1.44 bits per heavy atom. The molecule has 0 radical (unpaired) electrons. The molecule has 1 amide bonds. The van der Waals surface area contributed by atoms with E-state index in [0.29, 0.717) is 9.21 Å². The lowest BCUT2D eigenvalue weighted by molar-refractivity contribution is 0.102. The lowest BCUT2D eigenvalue weighted by Gasteiger charge is -2.02. The largest absolute Gasteiger partial charge is 0.512 e. The monoisotopic (exact) mass is 304 g/mol. The fourth-order valence-electron chi connectivity index (χ4n) is 1.09. The molecule has 0 spiro atoms. The Labute approximate surface area is 114 Å². The van der Waals surface area contributed by atoms with Crippen LogP contribution in [-0.2, 0) is 0 Å². The number of hydrogen-bond donors (Lipinski definition) is 2. The summed E-state index contributed by atoms with van der Waals surface area (Å²) in [6.07, 6.45) is -1.49. The standard InChI is InChI=1S/C9H5ClN2O4S2/c10-6-2-1-5(18-6)7(13)11-4-3-17-12-8(4)16-9(14)15/h1-3H,(H,11,13)(H,14,15). The molecule has 2 rings (SSSR count). The van der Waals surface area contributed by atoms with Gasteiger partial charge in [0, 0.05) is 5.38 Å². The first-order chi connectivity index (χ1) is 8.56. The first kappa shape index (κ1) is 12.8. The van der Waals surface area contributed by atoms with E-state index in [1.54, 1.807) is 12.1 Å². The van der Waals surface area contributed by atoms with Crippen LogP contribution in [0.15, 0.2) is 17.5 Å². The molecule has 0 aliphatic carbocycles. The molecule has 18 heavy (non-hydrogen) atoms. The number of carboxylic acid groups (broad SMARTS) is 1. The van der Waals surface area contributed by atoms with Crippen molar-refractivity contribution in [2.24, 2.45) is 0 Å². The number of rotatable bonds is 3. The van der Waals surface area contributed by atoms with Crippen LogP contribution < -0.4 is 10.1 Å². The third kappa shape index (κ3) is 2.97. The number of halogens is 1. The zero-order valence-corrected chi connectivity index (χ0v) is 10.9. The van der Waals surface area contributed by atoms with Crippen molar-refractivity contribution < 1.29 is 19.4 Å².